The van der Waals surface area contributed by atoms with Crippen LogP contribution in [-0.2, 0) is 4.74 Å². The smallest absolute Gasteiger partial charge is 0.255 e. The summed E-state index contributed by atoms with van der Waals surface area (Å²) in [6.45, 7) is 2.28. The molecule has 0 spiro atoms. The van der Waals surface area contributed by atoms with Gasteiger partial charge in [0.2, 0.25) is 0 Å². The summed E-state index contributed by atoms with van der Waals surface area (Å²) in [6, 6.07) is 1.30. The molecule has 0 radical (unpaired) electrons. The molecule has 1 aliphatic heterocycles. The molecule has 3 rings (SSSR count). The van der Waals surface area contributed by atoms with Gasteiger partial charge >= 0.3 is 0 Å². The van der Waals surface area contributed by atoms with E-state index in [0.717, 1.165) is 12.4 Å². The molecular formula is C21H25F4N5O3. The zero-order valence-electron chi connectivity index (χ0n) is 18.0. The van der Waals surface area contributed by atoms with Gasteiger partial charge in [-0.1, -0.05) is 0 Å². The number of aliphatic hydroxyl groups is 1. The number of pyridine rings is 2. The molecule has 12 heteroatoms. The van der Waals surface area contributed by atoms with Crippen LogP contribution in [-0.4, -0.2) is 64.7 Å². The Kier molecular flexibility index (Phi) is 7.69. The predicted molar refractivity (Wildman–Crippen MR) is 113 cm³/mol. The van der Waals surface area contributed by atoms with Gasteiger partial charge in [0.15, 0.2) is 11.6 Å². The van der Waals surface area contributed by atoms with Crippen LogP contribution in [0.1, 0.15) is 30.6 Å². The summed E-state index contributed by atoms with van der Waals surface area (Å²) in [5.74, 6) is -2.77. The van der Waals surface area contributed by atoms with Gasteiger partial charge in [-0.25, -0.2) is 27.5 Å². The molecule has 4 N–H and O–H groups in total. The zero-order chi connectivity index (χ0) is 24.2. The molecule has 0 bridgehead atoms. The first-order valence-corrected chi connectivity index (χ1v) is 10.3. The quantitative estimate of drug-likeness (QED) is 0.439. The molecule has 1 amide bonds. The number of ether oxygens (including phenoxy) is 1. The van der Waals surface area contributed by atoms with Crippen LogP contribution in [0.5, 0.6) is 0 Å². The third-order valence-corrected chi connectivity index (χ3v) is 5.04. The Morgan fingerprint density at radius 2 is 2.06 bits per heavy atom. The lowest BCUT2D eigenvalue weighted by Gasteiger charge is -2.28. The van der Waals surface area contributed by atoms with Crippen molar-refractivity contribution in [2.45, 2.75) is 44.3 Å². The van der Waals surface area contributed by atoms with E-state index in [9.17, 15) is 27.5 Å². The van der Waals surface area contributed by atoms with Crippen molar-refractivity contribution >= 4 is 23.2 Å². The summed E-state index contributed by atoms with van der Waals surface area (Å²) < 4.78 is 60.5. The van der Waals surface area contributed by atoms with Crippen LogP contribution in [0, 0.1) is 11.6 Å². The summed E-state index contributed by atoms with van der Waals surface area (Å²) in [4.78, 5) is 20.3. The third-order valence-electron chi connectivity index (χ3n) is 5.04. The van der Waals surface area contributed by atoms with Crippen molar-refractivity contribution in [3.05, 3.63) is 41.7 Å². The largest absolute Gasteiger partial charge is 0.387 e. The van der Waals surface area contributed by atoms with Gasteiger partial charge in [0.05, 0.1) is 42.2 Å². The van der Waals surface area contributed by atoms with E-state index in [1.807, 2.05) is 0 Å². The molecule has 3 atom stereocenters. The van der Waals surface area contributed by atoms with Gasteiger partial charge in [-0.05, 0) is 20.3 Å². The van der Waals surface area contributed by atoms with Crippen molar-refractivity contribution in [1.29, 1.82) is 0 Å². The predicted octanol–water partition coefficient (Wildman–Crippen LogP) is 2.88. The molecule has 2 aromatic heterocycles. The summed E-state index contributed by atoms with van der Waals surface area (Å²) in [6.07, 6.45) is -0.790. The number of hydrogen-bond acceptors (Lipinski definition) is 7. The first-order valence-electron chi connectivity index (χ1n) is 10.3. The highest BCUT2D eigenvalue weighted by Crippen LogP contribution is 2.26. The molecule has 3 unspecified atom stereocenters. The van der Waals surface area contributed by atoms with Gasteiger partial charge in [0, 0.05) is 24.9 Å². The van der Waals surface area contributed by atoms with Crippen LogP contribution in [0.2, 0.25) is 0 Å². The maximum Gasteiger partial charge on any atom is 0.255 e. The number of halogens is 4. The summed E-state index contributed by atoms with van der Waals surface area (Å²) in [7, 11) is 0. The SMILES string of the molecule is CC(C)(O)C(F)CNC(=O)c1cnc(Nc2ncc(F)cc2F)cc1NC1CCOCC1F. The van der Waals surface area contributed by atoms with Gasteiger partial charge in [0.1, 0.15) is 24.0 Å². The van der Waals surface area contributed by atoms with Crippen LogP contribution in [0.15, 0.2) is 24.5 Å². The Balaban J connectivity index is 1.85. The maximum absolute atomic E-state index is 14.3. The van der Waals surface area contributed by atoms with Crippen LogP contribution < -0.4 is 16.0 Å². The third kappa shape index (κ3) is 6.51. The van der Waals surface area contributed by atoms with Gasteiger partial charge in [-0.15, -0.1) is 0 Å². The monoisotopic (exact) mass is 471 g/mol. The average molecular weight is 471 g/mol. The minimum absolute atomic E-state index is 0.0188. The van der Waals surface area contributed by atoms with E-state index < -0.39 is 48.1 Å². The standard InChI is InChI=1S/C21H25F4N5O3/c1-21(2,32)17(25)9-28-20(31)12-8-26-18(30-19-13(23)5-11(22)7-27-19)6-16(12)29-15-3-4-33-10-14(15)24/h5-8,14-15,17,32H,3-4,9-10H2,1-2H3,(H,28,31)(H2,26,27,29,30). The number of rotatable bonds is 8. The molecule has 1 aliphatic rings. The van der Waals surface area contributed by atoms with E-state index in [1.165, 1.54) is 19.9 Å². The second-order valence-corrected chi connectivity index (χ2v) is 8.19. The normalized spacial score (nSPS) is 19.6. The Hall–Kier alpha value is -2.99. The number of hydrogen-bond donors (Lipinski definition) is 4. The van der Waals surface area contributed by atoms with E-state index >= 15 is 0 Å². The highest BCUT2D eigenvalue weighted by atomic mass is 19.1. The Morgan fingerprint density at radius 3 is 2.73 bits per heavy atom. The van der Waals surface area contributed by atoms with Crippen molar-refractivity contribution in [2.75, 3.05) is 30.4 Å². The zero-order valence-corrected chi connectivity index (χ0v) is 18.0. The van der Waals surface area contributed by atoms with Crippen LogP contribution >= 0.6 is 0 Å². The summed E-state index contributed by atoms with van der Waals surface area (Å²) >= 11 is 0. The van der Waals surface area contributed by atoms with E-state index in [4.69, 9.17) is 4.74 Å². The van der Waals surface area contributed by atoms with E-state index in [-0.39, 0.29) is 29.5 Å². The minimum atomic E-state index is -1.73. The van der Waals surface area contributed by atoms with Crippen LogP contribution in [0.3, 0.4) is 0 Å². The summed E-state index contributed by atoms with van der Waals surface area (Å²) in [5, 5.41) is 17.6. The van der Waals surface area contributed by atoms with Gasteiger partial charge in [-0.3, -0.25) is 4.79 Å². The first kappa shape index (κ1) is 24.6. The van der Waals surface area contributed by atoms with Crippen molar-refractivity contribution in [3.8, 4) is 0 Å². The Bertz CT molecular complexity index is 989. The summed E-state index contributed by atoms with van der Waals surface area (Å²) in [5.41, 5.74) is -1.52. The second kappa shape index (κ2) is 10.3. The van der Waals surface area contributed by atoms with E-state index in [0.29, 0.717) is 19.1 Å². The minimum Gasteiger partial charge on any atom is -0.387 e. The molecule has 0 aliphatic carbocycles. The number of amides is 1. The number of alkyl halides is 2. The molecule has 1 fully saturated rings. The fourth-order valence-corrected chi connectivity index (χ4v) is 3.04. The van der Waals surface area contributed by atoms with Crippen LogP contribution in [0.25, 0.3) is 0 Å². The molecule has 1 saturated heterocycles. The molecule has 2 aromatic rings. The van der Waals surface area contributed by atoms with Crippen molar-refractivity contribution in [1.82, 2.24) is 15.3 Å². The molecular weight excluding hydrogens is 446 g/mol. The van der Waals surface area contributed by atoms with Gasteiger partial charge in [0.25, 0.3) is 5.91 Å². The number of nitrogens with zero attached hydrogens (tertiary/aromatic N) is 2. The van der Waals surface area contributed by atoms with E-state index in [2.05, 4.69) is 25.9 Å². The highest BCUT2D eigenvalue weighted by molar-refractivity contribution is 5.99. The number of carbonyl (C=O) groups is 1. The van der Waals surface area contributed by atoms with E-state index in [1.54, 1.807) is 0 Å². The number of anilines is 3. The molecule has 0 saturated carbocycles. The average Bonchev–Trinajstić information content (AvgIpc) is 2.75. The lowest BCUT2D eigenvalue weighted by molar-refractivity contribution is -0.00177. The van der Waals surface area contributed by atoms with Crippen molar-refractivity contribution in [3.63, 3.8) is 0 Å². The molecule has 0 aromatic carbocycles. The lowest BCUT2D eigenvalue weighted by Crippen LogP contribution is -2.42. The highest BCUT2D eigenvalue weighted by Gasteiger charge is 2.29. The van der Waals surface area contributed by atoms with Crippen molar-refractivity contribution < 1.29 is 32.2 Å². The van der Waals surface area contributed by atoms with Crippen molar-refractivity contribution in [2.24, 2.45) is 0 Å². The topological polar surface area (TPSA) is 108 Å². The molecule has 8 nitrogen and oxygen atoms in total. The lowest BCUT2D eigenvalue weighted by atomic mass is 10.0. The maximum atomic E-state index is 14.3. The van der Waals surface area contributed by atoms with Crippen LogP contribution in [0.4, 0.5) is 34.9 Å². The number of aromatic nitrogens is 2. The molecule has 33 heavy (non-hydrogen) atoms. The van der Waals surface area contributed by atoms with Gasteiger partial charge < -0.3 is 25.8 Å². The fraction of sp³-hybridized carbons (Fsp3) is 0.476. The Labute approximate surface area is 187 Å². The molecule has 180 valence electrons. The first-order chi connectivity index (χ1) is 15.5. The number of carbonyl (C=O) groups excluding carboxylic acids is 1. The Morgan fingerprint density at radius 1 is 1.30 bits per heavy atom. The van der Waals surface area contributed by atoms with Gasteiger partial charge in [-0.2, -0.15) is 0 Å². The number of nitrogens with one attached hydrogen (secondary N) is 3. The molecule has 3 heterocycles. The second-order valence-electron chi connectivity index (χ2n) is 8.19. The fourth-order valence-electron chi connectivity index (χ4n) is 3.04.